The minimum atomic E-state index is -0.0494. The van der Waals surface area contributed by atoms with Gasteiger partial charge in [0.05, 0.1) is 13.4 Å². The number of benzene rings is 2. The van der Waals surface area contributed by atoms with Crippen LogP contribution in [0.1, 0.15) is 44.6 Å². The van der Waals surface area contributed by atoms with Gasteiger partial charge in [-0.25, -0.2) is 0 Å². The molecule has 1 aliphatic rings. The SMILES string of the molecule is COc1cc2occ(-c3ccc(Cl)cc3)c2cc1/C(C)=C/C(=O)NC1CCCCC1. The molecular formula is C25H26ClNO3. The topological polar surface area (TPSA) is 51.5 Å². The maximum absolute atomic E-state index is 12.6. The molecule has 0 spiro atoms. The van der Waals surface area contributed by atoms with Crippen molar-refractivity contribution in [1.29, 1.82) is 0 Å². The molecule has 3 aromatic rings. The number of fused-ring (bicyclic) bond motifs is 1. The zero-order valence-electron chi connectivity index (χ0n) is 17.3. The molecule has 0 saturated heterocycles. The molecule has 1 saturated carbocycles. The van der Waals surface area contributed by atoms with Crippen LogP contribution in [-0.4, -0.2) is 19.1 Å². The molecule has 4 nitrogen and oxygen atoms in total. The number of carbonyl (C=O) groups excluding carboxylic acids is 1. The van der Waals surface area contributed by atoms with E-state index in [1.807, 2.05) is 43.3 Å². The summed E-state index contributed by atoms with van der Waals surface area (Å²) in [5.74, 6) is 0.630. The number of rotatable bonds is 5. The molecule has 0 bridgehead atoms. The van der Waals surface area contributed by atoms with Gasteiger partial charge in [0.1, 0.15) is 11.3 Å². The highest BCUT2D eigenvalue weighted by Gasteiger charge is 2.17. The highest BCUT2D eigenvalue weighted by Crippen LogP contribution is 2.37. The summed E-state index contributed by atoms with van der Waals surface area (Å²) in [5.41, 5.74) is 4.46. The molecule has 2 aromatic carbocycles. The van der Waals surface area contributed by atoms with Crippen LogP contribution in [0.4, 0.5) is 0 Å². The second kappa shape index (κ2) is 8.97. The second-order valence-corrected chi connectivity index (χ2v) is 8.31. The van der Waals surface area contributed by atoms with E-state index in [4.69, 9.17) is 20.8 Å². The van der Waals surface area contributed by atoms with Gasteiger partial charge in [-0.3, -0.25) is 4.79 Å². The molecule has 0 atom stereocenters. The smallest absolute Gasteiger partial charge is 0.244 e. The van der Waals surface area contributed by atoms with Crippen molar-refractivity contribution in [3.63, 3.8) is 0 Å². The Morgan fingerprint density at radius 3 is 2.60 bits per heavy atom. The van der Waals surface area contributed by atoms with Gasteiger partial charge in [0.15, 0.2) is 0 Å². The Hall–Kier alpha value is -2.72. The summed E-state index contributed by atoms with van der Waals surface area (Å²) in [6.07, 6.45) is 9.17. The van der Waals surface area contributed by atoms with E-state index in [1.165, 1.54) is 19.3 Å². The Morgan fingerprint density at radius 2 is 1.90 bits per heavy atom. The van der Waals surface area contributed by atoms with Crippen LogP contribution in [0, 0.1) is 0 Å². The fourth-order valence-electron chi connectivity index (χ4n) is 4.15. The van der Waals surface area contributed by atoms with Crippen molar-refractivity contribution in [1.82, 2.24) is 5.32 Å². The first-order valence-corrected chi connectivity index (χ1v) is 10.8. The summed E-state index contributed by atoms with van der Waals surface area (Å²) in [7, 11) is 1.63. The number of hydrogen-bond acceptors (Lipinski definition) is 3. The van der Waals surface area contributed by atoms with Crippen molar-refractivity contribution in [3.8, 4) is 16.9 Å². The van der Waals surface area contributed by atoms with Gasteiger partial charge in [-0.15, -0.1) is 0 Å². The van der Waals surface area contributed by atoms with E-state index in [9.17, 15) is 4.79 Å². The Morgan fingerprint density at radius 1 is 1.17 bits per heavy atom. The van der Waals surface area contributed by atoms with Crippen molar-refractivity contribution >= 4 is 34.1 Å². The molecule has 1 amide bonds. The molecule has 0 radical (unpaired) electrons. The third kappa shape index (κ3) is 4.39. The summed E-state index contributed by atoms with van der Waals surface area (Å²) >= 11 is 6.03. The lowest BCUT2D eigenvalue weighted by atomic mass is 9.95. The van der Waals surface area contributed by atoms with Crippen molar-refractivity contribution in [2.45, 2.75) is 45.1 Å². The highest BCUT2D eigenvalue weighted by atomic mass is 35.5. The van der Waals surface area contributed by atoms with Crippen LogP contribution in [0.15, 0.2) is 53.2 Å². The average molecular weight is 424 g/mol. The van der Waals surface area contributed by atoms with Crippen LogP contribution < -0.4 is 10.1 Å². The number of nitrogens with one attached hydrogen (secondary N) is 1. The minimum absolute atomic E-state index is 0.0494. The lowest BCUT2D eigenvalue weighted by Gasteiger charge is -2.22. The number of hydrogen-bond donors (Lipinski definition) is 1. The largest absolute Gasteiger partial charge is 0.496 e. The van der Waals surface area contributed by atoms with Crippen molar-refractivity contribution in [3.05, 3.63) is 59.3 Å². The molecular weight excluding hydrogens is 398 g/mol. The van der Waals surface area contributed by atoms with Gasteiger partial charge in [-0.1, -0.05) is 43.0 Å². The van der Waals surface area contributed by atoms with Crippen LogP contribution in [0.5, 0.6) is 5.75 Å². The number of halogens is 1. The summed E-state index contributed by atoms with van der Waals surface area (Å²) in [6.45, 7) is 1.94. The first-order valence-electron chi connectivity index (χ1n) is 10.4. The Bertz CT molecular complexity index is 1080. The summed E-state index contributed by atoms with van der Waals surface area (Å²) in [4.78, 5) is 12.6. The van der Waals surface area contributed by atoms with Gasteiger partial charge in [0.2, 0.25) is 5.91 Å². The second-order valence-electron chi connectivity index (χ2n) is 7.88. The normalized spacial score (nSPS) is 15.4. The lowest BCUT2D eigenvalue weighted by molar-refractivity contribution is -0.117. The molecule has 5 heteroatoms. The van der Waals surface area contributed by atoms with E-state index < -0.39 is 0 Å². The van der Waals surface area contributed by atoms with Crippen molar-refractivity contribution in [2.75, 3.05) is 7.11 Å². The fourth-order valence-corrected chi connectivity index (χ4v) is 4.28. The molecule has 30 heavy (non-hydrogen) atoms. The van der Waals surface area contributed by atoms with E-state index >= 15 is 0 Å². The van der Waals surface area contributed by atoms with Crippen LogP contribution >= 0.6 is 11.6 Å². The lowest BCUT2D eigenvalue weighted by Crippen LogP contribution is -2.35. The van der Waals surface area contributed by atoms with Gasteiger partial charge in [-0.05, 0) is 49.1 Å². The number of furan rings is 1. The van der Waals surface area contributed by atoms with Crippen LogP contribution in [0.3, 0.4) is 0 Å². The van der Waals surface area contributed by atoms with E-state index in [-0.39, 0.29) is 11.9 Å². The first kappa shape index (κ1) is 20.5. The summed E-state index contributed by atoms with van der Waals surface area (Å²) in [5, 5.41) is 4.80. The number of allylic oxidation sites excluding steroid dienone is 1. The van der Waals surface area contributed by atoms with E-state index in [1.54, 1.807) is 19.4 Å². The predicted octanol–water partition coefficient (Wildman–Crippen LogP) is 6.61. The Labute approximate surface area is 181 Å². The molecule has 1 aliphatic carbocycles. The quantitative estimate of drug-likeness (QED) is 0.469. The molecule has 1 N–H and O–H groups in total. The molecule has 4 rings (SSSR count). The molecule has 156 valence electrons. The van der Waals surface area contributed by atoms with Crippen molar-refractivity contribution < 1.29 is 13.9 Å². The monoisotopic (exact) mass is 423 g/mol. The maximum atomic E-state index is 12.6. The predicted molar refractivity (Wildman–Crippen MR) is 122 cm³/mol. The Balaban J connectivity index is 1.67. The summed E-state index contributed by atoms with van der Waals surface area (Å²) in [6, 6.07) is 11.8. The van der Waals surface area contributed by atoms with E-state index in [2.05, 4.69) is 5.32 Å². The molecule has 1 heterocycles. The molecule has 1 aromatic heterocycles. The zero-order chi connectivity index (χ0) is 21.1. The van der Waals surface area contributed by atoms with E-state index in [0.717, 1.165) is 46.1 Å². The molecule has 1 fully saturated rings. The van der Waals surface area contributed by atoms with E-state index in [0.29, 0.717) is 10.8 Å². The minimum Gasteiger partial charge on any atom is -0.496 e. The third-order valence-electron chi connectivity index (χ3n) is 5.77. The molecule has 0 unspecified atom stereocenters. The van der Waals surface area contributed by atoms with Crippen molar-refractivity contribution in [2.24, 2.45) is 0 Å². The third-order valence-corrected chi connectivity index (χ3v) is 6.03. The van der Waals surface area contributed by atoms with Gasteiger partial charge < -0.3 is 14.5 Å². The van der Waals surface area contributed by atoms with Gasteiger partial charge in [-0.2, -0.15) is 0 Å². The van der Waals surface area contributed by atoms with Gasteiger partial charge >= 0.3 is 0 Å². The number of ether oxygens (including phenoxy) is 1. The van der Waals surface area contributed by atoms with Gasteiger partial charge in [0, 0.05) is 39.7 Å². The standard InChI is InChI=1S/C25H26ClNO3/c1-16(12-25(28)27-19-6-4-3-5-7-19)20-13-21-22(17-8-10-18(26)11-9-17)15-30-24(21)14-23(20)29-2/h8-15,19H,3-7H2,1-2H3,(H,27,28)/b16-12+. The molecule has 0 aliphatic heterocycles. The summed E-state index contributed by atoms with van der Waals surface area (Å²) < 4.78 is 11.4. The number of amides is 1. The van der Waals surface area contributed by atoms with Crippen LogP contribution in [-0.2, 0) is 4.79 Å². The number of methoxy groups -OCH3 is 1. The zero-order valence-corrected chi connectivity index (χ0v) is 18.1. The van der Waals surface area contributed by atoms with Crippen LogP contribution in [0.2, 0.25) is 5.02 Å². The average Bonchev–Trinajstić information content (AvgIpc) is 3.16. The maximum Gasteiger partial charge on any atom is 0.244 e. The first-order chi connectivity index (χ1) is 14.5. The Kier molecular flexibility index (Phi) is 6.14. The number of carbonyl (C=O) groups is 1. The fraction of sp³-hybridized carbons (Fsp3) is 0.320. The van der Waals surface area contributed by atoms with Crippen LogP contribution in [0.25, 0.3) is 27.7 Å². The highest BCUT2D eigenvalue weighted by molar-refractivity contribution is 6.30. The van der Waals surface area contributed by atoms with Gasteiger partial charge in [0.25, 0.3) is 0 Å².